The van der Waals surface area contributed by atoms with Crippen molar-refractivity contribution in [3.63, 3.8) is 0 Å². The zero-order chi connectivity index (χ0) is 21.7. The van der Waals surface area contributed by atoms with Gasteiger partial charge in [0.15, 0.2) is 6.61 Å². The van der Waals surface area contributed by atoms with Crippen molar-refractivity contribution in [2.45, 2.75) is 72.1 Å². The van der Waals surface area contributed by atoms with E-state index in [1.807, 2.05) is 19.1 Å². The predicted octanol–water partition coefficient (Wildman–Crippen LogP) is 5.29. The van der Waals surface area contributed by atoms with E-state index < -0.39 is 0 Å². The number of rotatable bonds is 7. The fourth-order valence-electron chi connectivity index (χ4n) is 4.33. The first-order valence-electron chi connectivity index (χ1n) is 11.0. The quantitative estimate of drug-likeness (QED) is 0.627. The van der Waals surface area contributed by atoms with Gasteiger partial charge in [-0.3, -0.25) is 4.98 Å². The molecule has 0 saturated heterocycles. The highest BCUT2D eigenvalue weighted by Gasteiger charge is 2.21. The maximum absolute atomic E-state index is 11.6. The lowest BCUT2D eigenvalue weighted by molar-refractivity contribution is -0.145. The van der Waals surface area contributed by atoms with E-state index in [1.54, 1.807) is 13.0 Å². The number of aryl methyl sites for hydroxylation is 1. The molecular formula is C25H33NO4. The topological polar surface area (TPSA) is 68.7 Å². The van der Waals surface area contributed by atoms with Gasteiger partial charge in [0.1, 0.15) is 11.5 Å². The van der Waals surface area contributed by atoms with Gasteiger partial charge >= 0.3 is 5.97 Å². The largest absolute Gasteiger partial charge is 0.506 e. The number of carbonyl (C=O) groups is 1. The van der Waals surface area contributed by atoms with E-state index in [0.29, 0.717) is 30.4 Å². The lowest BCUT2D eigenvalue weighted by atomic mass is 9.86. The molecule has 0 radical (unpaired) electrons. The molecule has 5 nitrogen and oxygen atoms in total. The third kappa shape index (κ3) is 5.13. The highest BCUT2D eigenvalue weighted by Crippen LogP contribution is 2.36. The van der Waals surface area contributed by atoms with E-state index in [0.717, 1.165) is 40.9 Å². The molecule has 1 aliphatic rings. The number of aromatic hydroxyl groups is 1. The number of esters is 1. The van der Waals surface area contributed by atoms with Crippen molar-refractivity contribution in [3.8, 4) is 11.5 Å². The van der Waals surface area contributed by atoms with Crippen LogP contribution in [0.1, 0.15) is 78.6 Å². The van der Waals surface area contributed by atoms with Crippen LogP contribution in [-0.2, 0) is 16.0 Å². The third-order valence-corrected chi connectivity index (χ3v) is 6.17. The van der Waals surface area contributed by atoms with E-state index in [2.05, 4.69) is 13.8 Å². The first-order chi connectivity index (χ1) is 14.4. The van der Waals surface area contributed by atoms with Crippen molar-refractivity contribution in [1.82, 2.24) is 4.98 Å². The number of pyridine rings is 1. The van der Waals surface area contributed by atoms with Gasteiger partial charge in [-0.25, -0.2) is 4.79 Å². The van der Waals surface area contributed by atoms with Crippen molar-refractivity contribution >= 4 is 5.97 Å². The molecule has 5 heteroatoms. The summed E-state index contributed by atoms with van der Waals surface area (Å²) in [6.07, 6.45) is 6.61. The van der Waals surface area contributed by atoms with Crippen LogP contribution >= 0.6 is 0 Å². The Kier molecular flexibility index (Phi) is 7.35. The van der Waals surface area contributed by atoms with E-state index in [1.165, 1.54) is 24.8 Å². The number of hydrogen-bond donors (Lipinski definition) is 1. The Bertz CT molecular complexity index is 901. The molecule has 3 rings (SSSR count). The predicted molar refractivity (Wildman–Crippen MR) is 117 cm³/mol. The number of benzene rings is 1. The highest BCUT2D eigenvalue weighted by atomic mass is 16.6. The van der Waals surface area contributed by atoms with Crippen LogP contribution in [0.4, 0.5) is 0 Å². The van der Waals surface area contributed by atoms with Crippen molar-refractivity contribution in [1.29, 1.82) is 0 Å². The average molecular weight is 412 g/mol. The summed E-state index contributed by atoms with van der Waals surface area (Å²) >= 11 is 0. The van der Waals surface area contributed by atoms with Gasteiger partial charge in [-0.05, 0) is 81.0 Å². The third-order valence-electron chi connectivity index (χ3n) is 6.17. The molecule has 0 unspecified atom stereocenters. The summed E-state index contributed by atoms with van der Waals surface area (Å²) in [4.78, 5) is 16.5. The Balaban J connectivity index is 1.81. The van der Waals surface area contributed by atoms with Gasteiger partial charge in [0.2, 0.25) is 0 Å². The van der Waals surface area contributed by atoms with Gasteiger partial charge in [0, 0.05) is 18.0 Å². The molecule has 1 aliphatic carbocycles. The van der Waals surface area contributed by atoms with Crippen LogP contribution in [0.5, 0.6) is 11.5 Å². The van der Waals surface area contributed by atoms with Crippen LogP contribution in [0.3, 0.4) is 0 Å². The minimum absolute atomic E-state index is 0.0861. The molecule has 0 atom stereocenters. The van der Waals surface area contributed by atoms with Crippen LogP contribution in [0.15, 0.2) is 18.2 Å². The summed E-state index contributed by atoms with van der Waals surface area (Å²) in [7, 11) is 0. The second-order valence-electron chi connectivity index (χ2n) is 8.23. The SMILES string of the molecule is CCOC(=O)COc1cc(C)c(Cc2ccc(O)c(C3CCCCC3)n2)c(C)c1C. The van der Waals surface area contributed by atoms with Gasteiger partial charge in [-0.1, -0.05) is 19.3 Å². The monoisotopic (exact) mass is 411 g/mol. The zero-order valence-corrected chi connectivity index (χ0v) is 18.6. The molecule has 1 aromatic carbocycles. The fourth-order valence-corrected chi connectivity index (χ4v) is 4.33. The summed E-state index contributed by atoms with van der Waals surface area (Å²) in [6, 6.07) is 5.70. The second kappa shape index (κ2) is 9.96. The fraction of sp³-hybridized carbons (Fsp3) is 0.520. The van der Waals surface area contributed by atoms with Crippen molar-refractivity contribution < 1.29 is 19.4 Å². The molecule has 0 bridgehead atoms. The normalized spacial score (nSPS) is 14.5. The zero-order valence-electron chi connectivity index (χ0n) is 18.6. The molecule has 0 amide bonds. The van der Waals surface area contributed by atoms with Crippen molar-refractivity contribution in [2.75, 3.05) is 13.2 Å². The maximum Gasteiger partial charge on any atom is 0.344 e. The number of aromatic nitrogens is 1. The molecule has 1 heterocycles. The van der Waals surface area contributed by atoms with Crippen LogP contribution < -0.4 is 4.74 Å². The molecule has 0 aliphatic heterocycles. The molecule has 2 aromatic rings. The highest BCUT2D eigenvalue weighted by molar-refractivity contribution is 5.71. The molecule has 1 fully saturated rings. The van der Waals surface area contributed by atoms with Gasteiger partial charge in [0.05, 0.1) is 12.3 Å². The number of carbonyl (C=O) groups excluding carboxylic acids is 1. The first kappa shape index (κ1) is 22.1. The molecular weight excluding hydrogens is 378 g/mol. The first-order valence-corrected chi connectivity index (χ1v) is 11.0. The Morgan fingerprint density at radius 2 is 1.87 bits per heavy atom. The number of hydrogen-bond acceptors (Lipinski definition) is 5. The smallest absolute Gasteiger partial charge is 0.344 e. The lowest BCUT2D eigenvalue weighted by Gasteiger charge is -2.22. The molecule has 0 spiro atoms. The number of nitrogens with zero attached hydrogens (tertiary/aromatic N) is 1. The minimum atomic E-state index is -0.361. The Morgan fingerprint density at radius 1 is 1.13 bits per heavy atom. The van der Waals surface area contributed by atoms with E-state index in [9.17, 15) is 9.90 Å². The summed E-state index contributed by atoms with van der Waals surface area (Å²) in [6.45, 7) is 8.19. The summed E-state index contributed by atoms with van der Waals surface area (Å²) in [5.74, 6) is 1.03. The molecule has 1 N–H and O–H groups in total. The number of ether oxygens (including phenoxy) is 2. The van der Waals surface area contributed by atoms with E-state index in [4.69, 9.17) is 14.5 Å². The van der Waals surface area contributed by atoms with Gasteiger partial charge in [-0.2, -0.15) is 0 Å². The minimum Gasteiger partial charge on any atom is -0.506 e. The van der Waals surface area contributed by atoms with E-state index in [-0.39, 0.29) is 12.6 Å². The summed E-state index contributed by atoms with van der Waals surface area (Å²) in [5.41, 5.74) is 6.30. The molecule has 1 saturated carbocycles. The van der Waals surface area contributed by atoms with Gasteiger partial charge in [-0.15, -0.1) is 0 Å². The van der Waals surface area contributed by atoms with Crippen LogP contribution in [0.2, 0.25) is 0 Å². The van der Waals surface area contributed by atoms with Gasteiger partial charge < -0.3 is 14.6 Å². The lowest BCUT2D eigenvalue weighted by Crippen LogP contribution is -2.15. The summed E-state index contributed by atoms with van der Waals surface area (Å²) in [5, 5.41) is 10.4. The van der Waals surface area contributed by atoms with Crippen molar-refractivity contribution in [3.05, 3.63) is 51.8 Å². The van der Waals surface area contributed by atoms with Crippen LogP contribution in [0.25, 0.3) is 0 Å². The van der Waals surface area contributed by atoms with Gasteiger partial charge in [0.25, 0.3) is 0 Å². The van der Waals surface area contributed by atoms with Crippen LogP contribution in [0, 0.1) is 20.8 Å². The second-order valence-corrected chi connectivity index (χ2v) is 8.23. The Morgan fingerprint density at radius 3 is 2.57 bits per heavy atom. The van der Waals surface area contributed by atoms with E-state index >= 15 is 0 Å². The Labute approximate surface area is 179 Å². The molecule has 1 aromatic heterocycles. The summed E-state index contributed by atoms with van der Waals surface area (Å²) < 4.78 is 10.7. The standard InChI is InChI=1S/C25H33NO4/c1-5-29-24(28)15-30-23-13-16(2)21(17(3)18(23)4)14-20-11-12-22(27)25(26-20)19-9-7-6-8-10-19/h11-13,19,27H,5-10,14-15H2,1-4H3. The maximum atomic E-state index is 11.6. The molecule has 30 heavy (non-hydrogen) atoms. The molecule has 162 valence electrons. The Hall–Kier alpha value is -2.56. The van der Waals surface area contributed by atoms with Crippen molar-refractivity contribution in [2.24, 2.45) is 0 Å². The average Bonchev–Trinajstić information content (AvgIpc) is 2.74. The van der Waals surface area contributed by atoms with Crippen LogP contribution in [-0.4, -0.2) is 29.3 Å².